The van der Waals surface area contributed by atoms with Crippen molar-refractivity contribution in [1.29, 1.82) is 0 Å². The summed E-state index contributed by atoms with van der Waals surface area (Å²) in [6, 6.07) is 30.0. The molecular weight excluding hydrogens is 372 g/mol. The smallest absolute Gasteiger partial charge is 0.246 e. The quantitative estimate of drug-likeness (QED) is 0.337. The predicted molar refractivity (Wildman–Crippen MR) is 119 cm³/mol. The van der Waals surface area contributed by atoms with E-state index in [0.717, 1.165) is 39.2 Å². The Morgan fingerprint density at radius 2 is 1.50 bits per heavy atom. The first-order valence-electron chi connectivity index (χ1n) is 9.97. The summed E-state index contributed by atoms with van der Waals surface area (Å²) in [5, 5.41) is 1.02. The molecule has 0 bridgehead atoms. The topological polar surface area (TPSA) is 48.2 Å². The van der Waals surface area contributed by atoms with E-state index in [1.54, 1.807) is 0 Å². The van der Waals surface area contributed by atoms with E-state index in [1.165, 1.54) is 0 Å². The van der Waals surface area contributed by atoms with Crippen LogP contribution in [0.25, 0.3) is 45.1 Å². The molecule has 146 valence electrons. The summed E-state index contributed by atoms with van der Waals surface area (Å²) in [5.41, 5.74) is 4.37. The third kappa shape index (κ3) is 3.44. The van der Waals surface area contributed by atoms with Gasteiger partial charge in [0.1, 0.15) is 17.1 Å². The minimum absolute atomic E-state index is 0.503. The molecule has 0 aliphatic rings. The molecule has 5 rings (SSSR count). The van der Waals surface area contributed by atoms with Gasteiger partial charge in [-0.25, -0.2) is 9.97 Å². The number of oxazole rings is 1. The summed E-state index contributed by atoms with van der Waals surface area (Å²) >= 11 is 0. The van der Waals surface area contributed by atoms with E-state index in [9.17, 15) is 0 Å². The van der Waals surface area contributed by atoms with E-state index in [2.05, 4.69) is 0 Å². The molecule has 0 unspecified atom stereocenters. The van der Waals surface area contributed by atoms with Gasteiger partial charge in [0, 0.05) is 16.5 Å². The number of benzene rings is 3. The molecule has 2 aromatic heterocycles. The van der Waals surface area contributed by atoms with Gasteiger partial charge in [0.2, 0.25) is 5.89 Å². The molecule has 0 spiro atoms. The van der Waals surface area contributed by atoms with Crippen LogP contribution >= 0.6 is 0 Å². The highest BCUT2D eigenvalue weighted by Gasteiger charge is 2.18. The zero-order chi connectivity index (χ0) is 20.3. The van der Waals surface area contributed by atoms with E-state index in [0.29, 0.717) is 18.2 Å². The molecule has 0 amide bonds. The van der Waals surface area contributed by atoms with Crippen LogP contribution in [-0.2, 0) is 0 Å². The Hall–Kier alpha value is -3.92. The van der Waals surface area contributed by atoms with Crippen LogP contribution < -0.4 is 4.74 Å². The van der Waals surface area contributed by atoms with Gasteiger partial charge < -0.3 is 9.15 Å². The fourth-order valence-corrected chi connectivity index (χ4v) is 3.49. The fraction of sp³-hybridized carbons (Fsp3) is 0.0769. The summed E-state index contributed by atoms with van der Waals surface area (Å²) in [6.45, 7) is 2.61. The van der Waals surface area contributed by atoms with Crippen LogP contribution in [0.4, 0.5) is 0 Å². The number of pyridine rings is 1. The maximum Gasteiger partial charge on any atom is 0.246 e. The fourth-order valence-electron chi connectivity index (χ4n) is 3.49. The van der Waals surface area contributed by atoms with Gasteiger partial charge in [0.25, 0.3) is 0 Å². The number of ether oxygens (including phenoxy) is 1. The maximum absolute atomic E-state index is 6.25. The molecule has 30 heavy (non-hydrogen) atoms. The Morgan fingerprint density at radius 1 is 0.767 bits per heavy atom. The second-order valence-corrected chi connectivity index (χ2v) is 6.91. The number of hydrogen-bond donors (Lipinski definition) is 0. The van der Waals surface area contributed by atoms with E-state index in [-0.39, 0.29) is 0 Å². The van der Waals surface area contributed by atoms with Gasteiger partial charge in [-0.05, 0) is 31.2 Å². The van der Waals surface area contributed by atoms with Crippen molar-refractivity contribution in [2.75, 3.05) is 6.61 Å². The highest BCUT2D eigenvalue weighted by molar-refractivity contribution is 5.83. The minimum Gasteiger partial charge on any atom is -0.494 e. The first-order valence-corrected chi connectivity index (χ1v) is 9.97. The Morgan fingerprint density at radius 3 is 2.23 bits per heavy atom. The third-order valence-electron chi connectivity index (χ3n) is 4.90. The Labute approximate surface area is 174 Å². The average Bonchev–Trinajstić information content (AvgIpc) is 3.26. The van der Waals surface area contributed by atoms with Crippen LogP contribution in [0.2, 0.25) is 0 Å². The summed E-state index contributed by atoms with van der Waals surface area (Å²) in [4.78, 5) is 9.60. The molecule has 2 heterocycles. The van der Waals surface area contributed by atoms with Gasteiger partial charge in [-0.3, -0.25) is 0 Å². The molecule has 0 aliphatic heterocycles. The largest absolute Gasteiger partial charge is 0.494 e. The molecule has 0 saturated heterocycles. The number of fused-ring (bicyclic) bond motifs is 1. The van der Waals surface area contributed by atoms with Gasteiger partial charge in [-0.1, -0.05) is 66.7 Å². The second-order valence-electron chi connectivity index (χ2n) is 6.91. The van der Waals surface area contributed by atoms with Crippen LogP contribution in [0.15, 0.2) is 95.4 Å². The molecule has 0 radical (unpaired) electrons. The number of nitrogens with zero attached hydrogens (tertiary/aromatic N) is 2. The lowest BCUT2D eigenvalue weighted by Crippen LogP contribution is -1.92. The molecular formula is C26H20N2O2. The molecule has 0 saturated carbocycles. The van der Waals surface area contributed by atoms with Gasteiger partial charge in [-0.2, -0.15) is 0 Å². The van der Waals surface area contributed by atoms with Gasteiger partial charge in [-0.15, -0.1) is 0 Å². The van der Waals surface area contributed by atoms with Gasteiger partial charge in [0.15, 0.2) is 5.76 Å². The van der Waals surface area contributed by atoms with E-state index >= 15 is 0 Å². The van der Waals surface area contributed by atoms with Crippen LogP contribution in [0.3, 0.4) is 0 Å². The van der Waals surface area contributed by atoms with Crippen LogP contribution in [0.5, 0.6) is 5.75 Å². The summed E-state index contributed by atoms with van der Waals surface area (Å²) in [6.07, 6.45) is 0. The first kappa shape index (κ1) is 18.1. The maximum atomic E-state index is 6.25. The second kappa shape index (κ2) is 7.84. The zero-order valence-corrected chi connectivity index (χ0v) is 16.6. The Balaban J connectivity index is 1.62. The van der Waals surface area contributed by atoms with Crippen molar-refractivity contribution < 1.29 is 9.15 Å². The van der Waals surface area contributed by atoms with Crippen molar-refractivity contribution in [1.82, 2.24) is 9.97 Å². The summed E-state index contributed by atoms with van der Waals surface area (Å²) < 4.78 is 11.8. The molecule has 0 atom stereocenters. The third-order valence-corrected chi connectivity index (χ3v) is 4.90. The lowest BCUT2D eigenvalue weighted by atomic mass is 10.1. The highest BCUT2D eigenvalue weighted by Crippen LogP contribution is 2.35. The van der Waals surface area contributed by atoms with Gasteiger partial charge >= 0.3 is 0 Å². The number of aromatic nitrogens is 2. The first-order chi connectivity index (χ1) is 14.8. The highest BCUT2D eigenvalue weighted by atomic mass is 16.5. The number of hydrogen-bond acceptors (Lipinski definition) is 4. The molecule has 0 N–H and O–H groups in total. The Bertz CT molecular complexity index is 1240. The number of rotatable bonds is 5. The predicted octanol–water partition coefficient (Wildman–Crippen LogP) is 6.62. The van der Waals surface area contributed by atoms with Crippen molar-refractivity contribution in [3.8, 4) is 39.9 Å². The van der Waals surface area contributed by atoms with E-state index in [4.69, 9.17) is 19.1 Å². The zero-order valence-electron chi connectivity index (χ0n) is 16.6. The van der Waals surface area contributed by atoms with Crippen LogP contribution in [0.1, 0.15) is 6.92 Å². The van der Waals surface area contributed by atoms with Crippen molar-refractivity contribution >= 4 is 10.9 Å². The van der Waals surface area contributed by atoms with Crippen LogP contribution in [0, 0.1) is 0 Å². The molecule has 0 aliphatic carbocycles. The minimum atomic E-state index is 0.503. The van der Waals surface area contributed by atoms with Crippen molar-refractivity contribution in [2.24, 2.45) is 0 Å². The van der Waals surface area contributed by atoms with Crippen molar-refractivity contribution in [3.05, 3.63) is 91.0 Å². The van der Waals surface area contributed by atoms with E-state index in [1.807, 2.05) is 97.9 Å². The van der Waals surface area contributed by atoms with E-state index < -0.39 is 0 Å². The Kier molecular flexibility index (Phi) is 4.74. The summed E-state index contributed by atoms with van der Waals surface area (Å²) in [5.74, 6) is 2.09. The molecule has 3 aromatic carbocycles. The molecule has 4 heteroatoms. The van der Waals surface area contributed by atoms with Crippen LogP contribution in [-0.4, -0.2) is 16.6 Å². The monoisotopic (exact) mass is 392 g/mol. The summed E-state index contributed by atoms with van der Waals surface area (Å²) in [7, 11) is 0. The van der Waals surface area contributed by atoms with Crippen molar-refractivity contribution in [3.63, 3.8) is 0 Å². The molecule has 4 nitrogen and oxygen atoms in total. The SMILES string of the molecule is CCOc1ccc2nc(-c3nc(-c4ccccc4)c(-c4ccccc4)o3)ccc2c1. The standard InChI is InChI=1S/C26H20N2O2/c1-2-29-21-14-16-22-20(17-21)13-15-23(27-22)26-28-24(18-9-5-3-6-10-18)25(30-26)19-11-7-4-8-12-19/h3-17H,2H2,1H3. The average molecular weight is 392 g/mol. The van der Waals surface area contributed by atoms with Crippen molar-refractivity contribution in [2.45, 2.75) is 6.92 Å². The molecule has 0 fully saturated rings. The molecule has 5 aromatic rings. The van der Waals surface area contributed by atoms with Gasteiger partial charge in [0.05, 0.1) is 12.1 Å². The normalized spacial score (nSPS) is 11.0. The lowest BCUT2D eigenvalue weighted by Gasteiger charge is -2.05. The lowest BCUT2D eigenvalue weighted by molar-refractivity contribution is 0.340.